The van der Waals surface area contributed by atoms with Gasteiger partial charge in [-0.2, -0.15) is 0 Å². The van der Waals surface area contributed by atoms with Gasteiger partial charge in [0.1, 0.15) is 0 Å². The van der Waals surface area contributed by atoms with Crippen LogP contribution >= 0.6 is 15.9 Å². The Kier molecular flexibility index (Phi) is 6.80. The smallest absolute Gasteiger partial charge is 0.242 e. The number of nitrogens with one attached hydrogen (secondary N) is 1. The Balaban J connectivity index is 1.69. The third-order valence-corrected chi connectivity index (χ3v) is 7.03. The van der Waals surface area contributed by atoms with Crippen LogP contribution in [0.5, 0.6) is 0 Å². The normalized spacial score (nSPS) is 14.9. The zero-order chi connectivity index (χ0) is 26.1. The van der Waals surface area contributed by atoms with Gasteiger partial charge in [-0.05, 0) is 55.7 Å². The van der Waals surface area contributed by atoms with Crippen molar-refractivity contribution in [2.24, 2.45) is 0 Å². The van der Waals surface area contributed by atoms with Gasteiger partial charge >= 0.3 is 0 Å². The molecule has 1 aliphatic rings. The molecule has 0 radical (unpaired) electrons. The first-order chi connectivity index (χ1) is 17.8. The number of hydrogen-bond donors (Lipinski definition) is 1. The fourth-order valence-corrected chi connectivity index (χ4v) is 5.12. The Hall–Kier alpha value is -3.97. The van der Waals surface area contributed by atoms with Crippen LogP contribution < -0.4 is 10.5 Å². The van der Waals surface area contributed by atoms with Gasteiger partial charge < -0.3 is 9.90 Å². The third kappa shape index (κ3) is 5.00. The van der Waals surface area contributed by atoms with Gasteiger partial charge in [-0.15, -0.1) is 0 Å². The molecule has 0 fully saturated rings. The number of fused-ring (bicyclic) bond motifs is 1. The number of aromatic nitrogens is 1. The largest absolute Gasteiger partial charge is 0.550 e. The van der Waals surface area contributed by atoms with Gasteiger partial charge in [0, 0.05) is 39.1 Å². The van der Waals surface area contributed by atoms with E-state index in [4.69, 9.17) is 4.98 Å². The van der Waals surface area contributed by atoms with Gasteiger partial charge in [0.25, 0.3) is 0 Å². The van der Waals surface area contributed by atoms with Crippen molar-refractivity contribution in [3.05, 3.63) is 106 Å². The van der Waals surface area contributed by atoms with E-state index in [-0.39, 0.29) is 18.7 Å². The predicted octanol–water partition coefficient (Wildman–Crippen LogP) is 5.24. The Labute approximate surface area is 223 Å². The number of hydrogen-bond acceptors (Lipinski definition) is 5. The quantitative estimate of drug-likeness (QED) is 0.352. The highest BCUT2D eigenvalue weighted by Crippen LogP contribution is 2.41. The molecule has 0 saturated heterocycles. The average Bonchev–Trinajstić information content (AvgIpc) is 3.32. The summed E-state index contributed by atoms with van der Waals surface area (Å²) in [6, 6.07) is 23.7. The summed E-state index contributed by atoms with van der Waals surface area (Å²) in [6.07, 6.45) is 1.51. The summed E-state index contributed by atoms with van der Waals surface area (Å²) < 4.78 is 0.943. The number of amides is 1. The number of benzene rings is 3. The summed E-state index contributed by atoms with van der Waals surface area (Å²) in [7, 11) is 0. The van der Waals surface area contributed by atoms with Crippen LogP contribution in [0, 0.1) is 13.8 Å². The van der Waals surface area contributed by atoms with Crippen LogP contribution in [0.2, 0.25) is 0 Å². The van der Waals surface area contributed by atoms with Gasteiger partial charge in [0.05, 0.1) is 17.3 Å². The summed E-state index contributed by atoms with van der Waals surface area (Å²) in [5, 5.41) is 13.6. The number of pyridine rings is 1. The molecular formula is C30H25BrN3O3-. The Bertz CT molecular complexity index is 1530. The van der Waals surface area contributed by atoms with E-state index in [1.54, 1.807) is 0 Å². The molecule has 0 bridgehead atoms. The molecule has 0 saturated carbocycles. The Morgan fingerprint density at radius 3 is 2.41 bits per heavy atom. The minimum Gasteiger partial charge on any atom is -0.550 e. The van der Waals surface area contributed by atoms with Crippen LogP contribution in [0.4, 0.5) is 0 Å². The Morgan fingerprint density at radius 2 is 1.70 bits per heavy atom. The number of rotatable bonds is 6. The molecule has 3 aromatic carbocycles. The second-order valence-corrected chi connectivity index (χ2v) is 10.1. The summed E-state index contributed by atoms with van der Waals surface area (Å²) in [6.45, 7) is 3.97. The lowest BCUT2D eigenvalue weighted by Gasteiger charge is -2.26. The lowest BCUT2D eigenvalue weighted by atomic mass is 9.92. The maximum Gasteiger partial charge on any atom is 0.242 e. The second kappa shape index (κ2) is 10.2. The highest BCUT2D eigenvalue weighted by molar-refractivity contribution is 9.10. The summed E-state index contributed by atoms with van der Waals surface area (Å²) >= 11 is 3.61. The van der Waals surface area contributed by atoms with Gasteiger partial charge in [0.15, 0.2) is 0 Å². The van der Waals surface area contributed by atoms with Crippen molar-refractivity contribution in [3.8, 4) is 11.1 Å². The van der Waals surface area contributed by atoms with Crippen molar-refractivity contribution >= 4 is 44.4 Å². The second-order valence-electron chi connectivity index (χ2n) is 9.16. The summed E-state index contributed by atoms with van der Waals surface area (Å²) in [4.78, 5) is 29.2. The number of carbonyl (C=O) groups is 2. The third-order valence-electron chi connectivity index (χ3n) is 6.53. The molecule has 1 amide bonds. The first-order valence-electron chi connectivity index (χ1n) is 12.0. The van der Waals surface area contributed by atoms with Crippen LogP contribution in [0.15, 0.2) is 83.3 Å². The highest BCUT2D eigenvalue weighted by Gasteiger charge is 2.32. The maximum absolute atomic E-state index is 13.2. The fourth-order valence-electron chi connectivity index (χ4n) is 4.76. The van der Waals surface area contributed by atoms with E-state index in [1.165, 1.54) is 5.01 Å². The molecule has 2 heterocycles. The zero-order valence-electron chi connectivity index (χ0n) is 20.5. The van der Waals surface area contributed by atoms with E-state index in [2.05, 4.69) is 39.6 Å². The first kappa shape index (κ1) is 24.7. The monoisotopic (exact) mass is 554 g/mol. The predicted molar refractivity (Wildman–Crippen MR) is 146 cm³/mol. The number of carboxylic acids is 1. The first-order valence-corrected chi connectivity index (χ1v) is 12.8. The number of carboxylic acid groups (broad SMARTS) is 1. The molecule has 5 rings (SSSR count). The molecule has 1 atom stereocenters. The summed E-state index contributed by atoms with van der Waals surface area (Å²) in [5.74, 6) is -1.57. The minimum absolute atomic E-state index is 0.160. The van der Waals surface area contributed by atoms with Crippen LogP contribution in [0.25, 0.3) is 27.7 Å². The molecule has 1 aliphatic heterocycles. The molecule has 0 aliphatic carbocycles. The minimum atomic E-state index is -1.25. The van der Waals surface area contributed by atoms with Gasteiger partial charge in [0.2, 0.25) is 5.91 Å². The van der Waals surface area contributed by atoms with Crippen molar-refractivity contribution in [3.63, 3.8) is 0 Å². The number of aliphatic carboxylic acids is 1. The molecule has 37 heavy (non-hydrogen) atoms. The van der Waals surface area contributed by atoms with Gasteiger partial charge in [-0.1, -0.05) is 76.1 Å². The zero-order valence-corrected chi connectivity index (χ0v) is 22.1. The number of aryl methyl sites for hydroxylation is 2. The number of nitrogens with zero attached hydrogens (tertiary/aromatic N) is 2. The lowest BCUT2D eigenvalue weighted by Crippen LogP contribution is -2.40. The number of carbonyl (C=O) groups excluding carboxylic acids is 2. The van der Waals surface area contributed by atoms with Crippen LogP contribution in [-0.2, 0) is 9.59 Å². The molecular weight excluding hydrogens is 530 g/mol. The van der Waals surface area contributed by atoms with Gasteiger partial charge in [-0.3, -0.25) is 15.2 Å². The average molecular weight is 555 g/mol. The van der Waals surface area contributed by atoms with E-state index < -0.39 is 12.0 Å². The fraction of sp³-hybridized carbons (Fsp3) is 0.167. The topological polar surface area (TPSA) is 85.4 Å². The van der Waals surface area contributed by atoms with Crippen molar-refractivity contribution in [2.45, 2.75) is 32.7 Å². The molecule has 4 aromatic rings. The molecule has 0 unspecified atom stereocenters. The van der Waals surface area contributed by atoms with Crippen LogP contribution in [0.1, 0.15) is 41.3 Å². The van der Waals surface area contributed by atoms with E-state index in [1.807, 2.05) is 74.5 Å². The van der Waals surface area contributed by atoms with Crippen molar-refractivity contribution in [1.82, 2.24) is 15.4 Å². The molecule has 0 spiro atoms. The van der Waals surface area contributed by atoms with Gasteiger partial charge in [-0.25, -0.2) is 5.01 Å². The van der Waals surface area contributed by atoms with E-state index in [9.17, 15) is 14.7 Å². The van der Waals surface area contributed by atoms with Crippen molar-refractivity contribution in [2.75, 3.05) is 0 Å². The van der Waals surface area contributed by atoms with E-state index in [0.29, 0.717) is 0 Å². The molecule has 6 nitrogen and oxygen atoms in total. The van der Waals surface area contributed by atoms with E-state index in [0.717, 1.165) is 54.6 Å². The van der Waals surface area contributed by atoms with Crippen molar-refractivity contribution < 1.29 is 14.7 Å². The SMILES string of the molecule is Cc1ccc([C@H]2C=C(c3c(C)nc4ccc(Br)cc4c3-c3ccccc3)NN2C(=O)CCC(=O)[O-])cc1. The lowest BCUT2D eigenvalue weighted by molar-refractivity contribution is -0.305. The van der Waals surface area contributed by atoms with Crippen LogP contribution in [0.3, 0.4) is 0 Å². The molecule has 1 aromatic heterocycles. The standard InChI is InChI=1S/C30H26BrN3O3/c1-18-8-10-20(11-9-18)26-17-25(33-34(26)27(35)14-15-28(36)37)29-19(2)32-24-13-12-22(31)16-23(24)30(29)21-6-4-3-5-7-21/h3-13,16-17,26,33H,14-15H2,1-2H3,(H,36,37)/p-1/t26-/m1/s1. The number of hydrazine groups is 1. The molecule has 7 heteroatoms. The maximum atomic E-state index is 13.2. The highest BCUT2D eigenvalue weighted by atomic mass is 79.9. The Morgan fingerprint density at radius 1 is 0.973 bits per heavy atom. The van der Waals surface area contributed by atoms with E-state index >= 15 is 0 Å². The van der Waals surface area contributed by atoms with Crippen molar-refractivity contribution in [1.29, 1.82) is 0 Å². The molecule has 1 N–H and O–H groups in total. The van der Waals surface area contributed by atoms with Crippen LogP contribution in [-0.4, -0.2) is 21.9 Å². The molecule has 186 valence electrons. The number of halogens is 1. The summed E-state index contributed by atoms with van der Waals surface area (Å²) in [5.41, 5.74) is 10.7.